The summed E-state index contributed by atoms with van der Waals surface area (Å²) in [5.41, 5.74) is 5.45. The molecule has 0 saturated carbocycles. The molecule has 2 aromatic carbocycles. The Kier molecular flexibility index (Phi) is 11.0. The number of pyridine rings is 1. The highest BCUT2D eigenvalue weighted by Crippen LogP contribution is 2.39. The molecule has 0 radical (unpaired) electrons. The predicted molar refractivity (Wildman–Crippen MR) is 220 cm³/mol. The summed E-state index contributed by atoms with van der Waals surface area (Å²) in [5.74, 6) is 2.21. The maximum Gasteiger partial charge on any atom is 0.320 e. The SMILES string of the molecule is C[C@@H]1CCC[C@H](C)N1c1nnc2ccc(O[C@@H]3CC[C@H](NC(=O)Nc4cc(C(C)(C)C)nn4-c4ccc(Cl)c(CCN5CCOCC5)c4)c4ccccc43)cn12. The number of hydrogen-bond donors (Lipinski definition) is 2. The van der Waals surface area contributed by atoms with Crippen molar-refractivity contribution in [3.8, 4) is 11.4 Å². The Hall–Kier alpha value is -4.65. The maximum absolute atomic E-state index is 13.9. The number of carbonyl (C=O) groups excluding carboxylic acids is 1. The summed E-state index contributed by atoms with van der Waals surface area (Å²) in [5, 5.41) is 21.2. The smallest absolute Gasteiger partial charge is 0.320 e. The first-order chi connectivity index (χ1) is 27.0. The van der Waals surface area contributed by atoms with Crippen molar-refractivity contribution in [1.29, 1.82) is 0 Å². The summed E-state index contributed by atoms with van der Waals surface area (Å²) in [7, 11) is 0. The van der Waals surface area contributed by atoms with E-state index in [1.165, 1.54) is 6.42 Å². The molecule has 296 valence electrons. The van der Waals surface area contributed by atoms with Crippen molar-refractivity contribution in [3.63, 3.8) is 0 Å². The van der Waals surface area contributed by atoms with Crippen molar-refractivity contribution in [1.82, 2.24) is 34.6 Å². The van der Waals surface area contributed by atoms with Crippen LogP contribution in [0.15, 0.2) is 66.9 Å². The number of benzene rings is 2. The van der Waals surface area contributed by atoms with Gasteiger partial charge < -0.3 is 19.7 Å². The third kappa shape index (κ3) is 8.10. The zero-order valence-corrected chi connectivity index (χ0v) is 33.9. The third-order valence-electron chi connectivity index (χ3n) is 11.6. The Labute approximate surface area is 334 Å². The summed E-state index contributed by atoms with van der Waals surface area (Å²) in [6.07, 6.45) is 7.62. The summed E-state index contributed by atoms with van der Waals surface area (Å²) in [6.45, 7) is 15.2. The minimum absolute atomic E-state index is 0.171. The number of hydrogen-bond acceptors (Lipinski definition) is 8. The normalized spacial score (nSPS) is 21.9. The molecule has 8 rings (SSSR count). The Morgan fingerprint density at radius 2 is 1.71 bits per heavy atom. The van der Waals surface area contributed by atoms with Gasteiger partial charge in [0.1, 0.15) is 17.7 Å². The Bertz CT molecular complexity index is 2160. The number of rotatable bonds is 9. The van der Waals surface area contributed by atoms with Gasteiger partial charge in [-0.15, -0.1) is 10.2 Å². The lowest BCUT2D eigenvalue weighted by Crippen LogP contribution is -2.44. The number of nitrogens with zero attached hydrogens (tertiary/aromatic N) is 7. The Balaban J connectivity index is 0.986. The Morgan fingerprint density at radius 1 is 0.946 bits per heavy atom. The third-order valence-corrected chi connectivity index (χ3v) is 12.0. The molecule has 0 bridgehead atoms. The molecule has 4 atom stereocenters. The molecule has 5 heterocycles. The molecule has 0 spiro atoms. The van der Waals surface area contributed by atoms with Gasteiger partial charge >= 0.3 is 6.03 Å². The van der Waals surface area contributed by atoms with Crippen molar-refractivity contribution in [2.75, 3.05) is 43.1 Å². The first-order valence-corrected chi connectivity index (χ1v) is 20.5. The van der Waals surface area contributed by atoms with Crippen LogP contribution in [0.1, 0.15) is 101 Å². The number of halogens is 1. The molecule has 13 heteroatoms. The highest BCUT2D eigenvalue weighted by Gasteiger charge is 2.32. The molecule has 3 aliphatic rings. The predicted octanol–water partition coefficient (Wildman–Crippen LogP) is 8.28. The van der Waals surface area contributed by atoms with E-state index in [4.69, 9.17) is 26.2 Å². The van der Waals surface area contributed by atoms with E-state index >= 15 is 0 Å². The first kappa shape index (κ1) is 38.2. The van der Waals surface area contributed by atoms with E-state index in [0.29, 0.717) is 24.3 Å². The van der Waals surface area contributed by atoms with Crippen LogP contribution in [0.3, 0.4) is 0 Å². The number of ether oxygens (including phenoxy) is 2. The monoisotopic (exact) mass is 779 g/mol. The van der Waals surface area contributed by atoms with Gasteiger partial charge in [-0.05, 0) is 99.4 Å². The number of piperidine rings is 1. The van der Waals surface area contributed by atoms with Crippen LogP contribution in [-0.2, 0) is 16.6 Å². The molecule has 3 aromatic heterocycles. The molecular weight excluding hydrogens is 726 g/mol. The van der Waals surface area contributed by atoms with Crippen molar-refractivity contribution >= 4 is 35.0 Å². The average molecular weight is 780 g/mol. The highest BCUT2D eigenvalue weighted by molar-refractivity contribution is 6.31. The van der Waals surface area contributed by atoms with E-state index in [1.54, 1.807) is 0 Å². The fourth-order valence-electron chi connectivity index (χ4n) is 8.44. The summed E-state index contributed by atoms with van der Waals surface area (Å²) in [6, 6.07) is 20.4. The van der Waals surface area contributed by atoms with Gasteiger partial charge in [-0.2, -0.15) is 5.10 Å². The van der Waals surface area contributed by atoms with Crippen molar-refractivity contribution in [2.24, 2.45) is 0 Å². The quantitative estimate of drug-likeness (QED) is 0.154. The van der Waals surface area contributed by atoms with Crippen LogP contribution >= 0.6 is 11.6 Å². The average Bonchev–Trinajstić information content (AvgIpc) is 3.80. The van der Waals surface area contributed by atoms with Crippen LogP contribution in [0.5, 0.6) is 5.75 Å². The molecule has 1 aliphatic carbocycles. The molecule has 2 aliphatic heterocycles. The fourth-order valence-corrected chi connectivity index (χ4v) is 8.65. The van der Waals surface area contributed by atoms with Crippen LogP contribution in [0.2, 0.25) is 5.02 Å². The molecule has 12 nitrogen and oxygen atoms in total. The number of urea groups is 1. The summed E-state index contributed by atoms with van der Waals surface area (Å²) >= 11 is 6.70. The minimum atomic E-state index is -0.293. The van der Waals surface area contributed by atoms with E-state index in [2.05, 4.69) is 87.8 Å². The van der Waals surface area contributed by atoms with E-state index in [9.17, 15) is 4.79 Å². The van der Waals surface area contributed by atoms with Crippen molar-refractivity contribution < 1.29 is 14.3 Å². The second-order valence-electron chi connectivity index (χ2n) is 16.6. The van der Waals surface area contributed by atoms with Gasteiger partial charge in [0.25, 0.3) is 0 Å². The number of carbonyl (C=O) groups is 1. The lowest BCUT2D eigenvalue weighted by molar-refractivity contribution is 0.0384. The van der Waals surface area contributed by atoms with Gasteiger partial charge in [-0.25, -0.2) is 9.48 Å². The van der Waals surface area contributed by atoms with Crippen LogP contribution < -0.4 is 20.3 Å². The van der Waals surface area contributed by atoms with Crippen LogP contribution in [0, 0.1) is 0 Å². The molecule has 2 fully saturated rings. The summed E-state index contributed by atoms with van der Waals surface area (Å²) < 4.78 is 16.1. The number of anilines is 2. The molecule has 2 saturated heterocycles. The number of nitrogens with one attached hydrogen (secondary N) is 2. The molecular formula is C43H54ClN9O3. The van der Waals surface area contributed by atoms with E-state index in [1.807, 2.05) is 53.3 Å². The molecule has 5 aromatic rings. The van der Waals surface area contributed by atoms with E-state index < -0.39 is 0 Å². The second-order valence-corrected chi connectivity index (χ2v) is 17.1. The number of amides is 2. The minimum Gasteiger partial charge on any atom is -0.484 e. The van der Waals surface area contributed by atoms with Gasteiger partial charge in [0.2, 0.25) is 5.95 Å². The number of morpholine rings is 1. The van der Waals surface area contributed by atoms with Gasteiger partial charge in [-0.1, -0.05) is 56.6 Å². The standard InChI is InChI=1S/C43H54ClN9O3/c1-28-9-8-10-29(2)52(28)42-48-47-39-18-14-32(27-51(39)42)56-37-17-16-36(33-11-6-7-12-34(33)37)45-41(54)46-40-26-38(43(3,4)5)49-53(40)31-13-15-35(44)30(25-31)19-20-50-21-23-55-24-22-50/h6-7,11-15,18,25-29,36-37H,8-10,16-17,19-24H2,1-5H3,(H2,45,46,54)/t28-,29+,36-,37+/m0/s1. The summed E-state index contributed by atoms with van der Waals surface area (Å²) in [4.78, 5) is 18.7. The lowest BCUT2D eigenvalue weighted by atomic mass is 9.85. The van der Waals surface area contributed by atoms with Gasteiger partial charge in [0.15, 0.2) is 5.65 Å². The zero-order chi connectivity index (χ0) is 39.0. The Morgan fingerprint density at radius 3 is 2.48 bits per heavy atom. The largest absolute Gasteiger partial charge is 0.484 e. The number of fused-ring (bicyclic) bond motifs is 2. The fraction of sp³-hybridized carbons (Fsp3) is 0.488. The van der Waals surface area contributed by atoms with Crippen LogP contribution in [0.4, 0.5) is 16.6 Å². The zero-order valence-electron chi connectivity index (χ0n) is 33.2. The molecule has 2 amide bonds. The highest BCUT2D eigenvalue weighted by atomic mass is 35.5. The molecule has 2 N–H and O–H groups in total. The van der Waals surface area contributed by atoms with Gasteiger partial charge in [0, 0.05) is 48.2 Å². The topological polar surface area (TPSA) is 114 Å². The van der Waals surface area contributed by atoms with Crippen molar-refractivity contribution in [3.05, 3.63) is 94.3 Å². The van der Waals surface area contributed by atoms with Crippen LogP contribution in [0.25, 0.3) is 11.3 Å². The van der Waals surface area contributed by atoms with Gasteiger partial charge in [0.05, 0.1) is 36.8 Å². The van der Waals surface area contributed by atoms with Gasteiger partial charge in [-0.3, -0.25) is 14.6 Å². The second kappa shape index (κ2) is 16.1. The van der Waals surface area contributed by atoms with Crippen LogP contribution in [-0.4, -0.2) is 80.2 Å². The van der Waals surface area contributed by atoms with Crippen molar-refractivity contribution in [2.45, 2.75) is 103 Å². The maximum atomic E-state index is 13.9. The van der Waals surface area contributed by atoms with E-state index in [-0.39, 0.29) is 23.6 Å². The number of aromatic nitrogens is 5. The molecule has 0 unspecified atom stereocenters. The molecule has 56 heavy (non-hydrogen) atoms. The van der Waals surface area contributed by atoms with E-state index in [0.717, 1.165) is 109 Å². The lowest BCUT2D eigenvalue weighted by Gasteiger charge is -2.39. The first-order valence-electron chi connectivity index (χ1n) is 20.2.